The Morgan fingerprint density at radius 1 is 1.09 bits per heavy atom. The van der Waals surface area contributed by atoms with Gasteiger partial charge in [0.2, 0.25) is 0 Å². The second kappa shape index (κ2) is 7.56. The van der Waals surface area contributed by atoms with Crippen LogP contribution in [0.4, 0.5) is 0 Å². The molecule has 184 valence electrons. The first-order valence-electron chi connectivity index (χ1n) is 13.8. The Hall–Kier alpha value is -0.870. The van der Waals surface area contributed by atoms with Crippen LogP contribution in [0.25, 0.3) is 0 Å². The summed E-state index contributed by atoms with van der Waals surface area (Å²) in [5.41, 5.74) is 2.24. The van der Waals surface area contributed by atoms with Crippen LogP contribution in [0.3, 0.4) is 0 Å². The van der Waals surface area contributed by atoms with Gasteiger partial charge >= 0.3 is 5.97 Å². The zero-order valence-corrected chi connectivity index (χ0v) is 21.4. The number of fused-ring (bicyclic) bond motifs is 7. The molecule has 0 N–H and O–H groups in total. The average molecular weight is 457 g/mol. The van der Waals surface area contributed by atoms with Crippen molar-refractivity contribution in [3.63, 3.8) is 0 Å². The molecule has 0 amide bonds. The quantitative estimate of drug-likeness (QED) is 0.344. The number of allylic oxidation sites excluding steroid dienone is 1. The fourth-order valence-electron chi connectivity index (χ4n) is 9.98. The highest BCUT2D eigenvalue weighted by Gasteiger charge is 2.68. The lowest BCUT2D eigenvalue weighted by atomic mass is 9.47. The molecule has 0 aromatic rings. The van der Waals surface area contributed by atoms with Crippen molar-refractivity contribution in [2.45, 2.75) is 110 Å². The van der Waals surface area contributed by atoms with E-state index in [4.69, 9.17) is 14.2 Å². The molecule has 0 bridgehead atoms. The average Bonchev–Trinajstić information content (AvgIpc) is 3.21. The Balaban J connectivity index is 1.24. The van der Waals surface area contributed by atoms with Gasteiger partial charge in [0.1, 0.15) is 6.10 Å². The van der Waals surface area contributed by atoms with E-state index in [0.29, 0.717) is 29.3 Å². The molecule has 4 heteroatoms. The third kappa shape index (κ3) is 3.18. The zero-order valence-electron chi connectivity index (χ0n) is 21.4. The van der Waals surface area contributed by atoms with Gasteiger partial charge in [0.25, 0.3) is 0 Å². The van der Waals surface area contributed by atoms with Crippen LogP contribution in [0.2, 0.25) is 0 Å². The summed E-state index contributed by atoms with van der Waals surface area (Å²) in [6.07, 6.45) is 13.6. The summed E-state index contributed by atoms with van der Waals surface area (Å²) in [6.45, 7) is 12.3. The summed E-state index contributed by atoms with van der Waals surface area (Å²) >= 11 is 0. The third-order valence-electron chi connectivity index (χ3n) is 11.7. The summed E-state index contributed by atoms with van der Waals surface area (Å²) < 4.78 is 19.0. The molecule has 6 aliphatic rings. The molecule has 0 unspecified atom stereocenters. The van der Waals surface area contributed by atoms with Gasteiger partial charge < -0.3 is 14.2 Å². The van der Waals surface area contributed by atoms with Gasteiger partial charge in [-0.1, -0.05) is 39.3 Å². The topological polar surface area (TPSA) is 44.8 Å². The minimum absolute atomic E-state index is 0.0849. The smallest absolute Gasteiger partial charge is 0.302 e. The van der Waals surface area contributed by atoms with E-state index in [0.717, 1.165) is 50.0 Å². The van der Waals surface area contributed by atoms with Gasteiger partial charge in [-0.25, -0.2) is 0 Å². The first-order chi connectivity index (χ1) is 15.7. The second-order valence-electron chi connectivity index (χ2n) is 13.3. The molecule has 0 aromatic carbocycles. The number of carbonyl (C=O) groups is 1. The molecular formula is C29H44O4. The zero-order chi connectivity index (χ0) is 23.2. The Kier molecular flexibility index (Phi) is 5.18. The third-order valence-corrected chi connectivity index (χ3v) is 11.7. The lowest BCUT2D eigenvalue weighted by Gasteiger charge is -2.58. The van der Waals surface area contributed by atoms with Crippen molar-refractivity contribution < 1.29 is 19.0 Å². The van der Waals surface area contributed by atoms with Crippen molar-refractivity contribution in [2.24, 2.45) is 46.3 Å². The maximum absolute atomic E-state index is 11.5. The maximum atomic E-state index is 11.5. The van der Waals surface area contributed by atoms with Crippen LogP contribution in [-0.4, -0.2) is 30.6 Å². The summed E-state index contributed by atoms with van der Waals surface area (Å²) in [5.74, 6) is 3.64. The number of ether oxygens (including phenoxy) is 3. The first kappa shape index (κ1) is 22.6. The van der Waals surface area contributed by atoms with E-state index in [9.17, 15) is 4.79 Å². The summed E-state index contributed by atoms with van der Waals surface area (Å²) in [6, 6.07) is 0. The predicted octanol–water partition coefficient (Wildman–Crippen LogP) is 6.28. The lowest BCUT2D eigenvalue weighted by molar-refractivity contribution is -0.272. The molecule has 5 fully saturated rings. The van der Waals surface area contributed by atoms with Crippen LogP contribution in [0, 0.1) is 46.3 Å². The number of rotatable bonds is 1. The maximum Gasteiger partial charge on any atom is 0.302 e. The fraction of sp³-hybridized carbons (Fsp3) is 0.897. The van der Waals surface area contributed by atoms with Crippen LogP contribution in [-0.2, 0) is 19.0 Å². The van der Waals surface area contributed by atoms with Crippen LogP contribution in [0.15, 0.2) is 11.6 Å². The molecule has 0 aromatic heterocycles. The number of carbonyl (C=O) groups excluding carboxylic acids is 1. The summed E-state index contributed by atoms with van der Waals surface area (Å²) in [4.78, 5) is 11.5. The minimum Gasteiger partial charge on any atom is -0.462 e. The van der Waals surface area contributed by atoms with E-state index < -0.39 is 0 Å². The van der Waals surface area contributed by atoms with Gasteiger partial charge in [0, 0.05) is 25.7 Å². The van der Waals surface area contributed by atoms with Crippen molar-refractivity contribution >= 4 is 5.97 Å². The van der Waals surface area contributed by atoms with Crippen LogP contribution < -0.4 is 0 Å². The molecule has 4 nitrogen and oxygen atoms in total. The van der Waals surface area contributed by atoms with Gasteiger partial charge in [-0.3, -0.25) is 4.79 Å². The highest BCUT2D eigenvalue weighted by molar-refractivity contribution is 5.66. The van der Waals surface area contributed by atoms with Crippen molar-refractivity contribution in [1.29, 1.82) is 0 Å². The van der Waals surface area contributed by atoms with E-state index in [1.54, 1.807) is 12.5 Å². The van der Waals surface area contributed by atoms with E-state index in [2.05, 4.69) is 33.8 Å². The predicted molar refractivity (Wildman–Crippen MR) is 127 cm³/mol. The molecule has 2 saturated heterocycles. The van der Waals surface area contributed by atoms with E-state index in [-0.39, 0.29) is 23.3 Å². The number of esters is 1. The molecule has 2 aliphatic heterocycles. The Morgan fingerprint density at radius 3 is 2.64 bits per heavy atom. The summed E-state index contributed by atoms with van der Waals surface area (Å²) in [5, 5.41) is 0. The van der Waals surface area contributed by atoms with Crippen molar-refractivity contribution in [2.75, 3.05) is 6.61 Å². The fourth-order valence-corrected chi connectivity index (χ4v) is 9.98. The molecule has 0 radical (unpaired) electrons. The Morgan fingerprint density at radius 2 is 1.91 bits per heavy atom. The molecule has 11 atom stereocenters. The highest BCUT2D eigenvalue weighted by Crippen LogP contribution is 2.70. The molecule has 1 spiro atoms. The Labute approximate surface area is 200 Å². The van der Waals surface area contributed by atoms with E-state index in [1.807, 2.05) is 0 Å². The van der Waals surface area contributed by atoms with Crippen LogP contribution in [0.1, 0.15) is 92.4 Å². The molecule has 33 heavy (non-hydrogen) atoms. The van der Waals surface area contributed by atoms with Crippen molar-refractivity contribution in [3.05, 3.63) is 11.6 Å². The van der Waals surface area contributed by atoms with Crippen LogP contribution >= 0.6 is 0 Å². The van der Waals surface area contributed by atoms with Gasteiger partial charge in [0.05, 0.1) is 12.7 Å². The van der Waals surface area contributed by atoms with Gasteiger partial charge in [0.15, 0.2) is 5.79 Å². The normalized spacial score (nSPS) is 55.2. The van der Waals surface area contributed by atoms with Gasteiger partial charge in [-0.2, -0.15) is 0 Å². The minimum atomic E-state index is -0.312. The highest BCUT2D eigenvalue weighted by atomic mass is 16.7. The van der Waals surface area contributed by atoms with E-state index >= 15 is 0 Å². The second-order valence-corrected chi connectivity index (χ2v) is 13.3. The molecule has 2 heterocycles. The van der Waals surface area contributed by atoms with Crippen molar-refractivity contribution in [3.8, 4) is 0 Å². The summed E-state index contributed by atoms with van der Waals surface area (Å²) in [7, 11) is 0. The van der Waals surface area contributed by atoms with Gasteiger partial charge in [-0.15, -0.1) is 0 Å². The standard InChI is InChI=1S/C29H44O4/c1-17-8-13-29(31-16-17)18(2)26-25(33-29)15-24-22-7-6-20-14-21(32-19(3)30)9-11-27(20,4)23(22)10-12-28(24,26)5/h6,17-18,21-26H,7-16H2,1-5H3/t17-,18-,21-,22+,23+,24+,25+,26+,27-,28-,29+/m0/s1. The Bertz CT molecular complexity index is 841. The molecule has 6 rings (SSSR count). The van der Waals surface area contributed by atoms with Gasteiger partial charge in [-0.05, 0) is 85.4 Å². The SMILES string of the molecule is CC(=O)O[C@H]1CC[C@@]2(C)C(=CC[C@H]3[C@H]4C[C@H]5O[C@]6(CC[C@H](C)CO6)[C@@H](C)[C@H]5[C@@]4(C)CC[C@H]32)C1. The molecule has 3 saturated carbocycles. The first-order valence-corrected chi connectivity index (χ1v) is 13.8. The monoisotopic (exact) mass is 456 g/mol. The molecule has 4 aliphatic carbocycles. The molecular weight excluding hydrogens is 412 g/mol. The number of hydrogen-bond donors (Lipinski definition) is 0. The van der Waals surface area contributed by atoms with E-state index in [1.165, 1.54) is 32.1 Å². The van der Waals surface area contributed by atoms with Crippen molar-refractivity contribution in [1.82, 2.24) is 0 Å². The lowest BCUT2D eigenvalue weighted by Crippen LogP contribution is -2.52. The number of hydrogen-bond acceptors (Lipinski definition) is 4. The largest absolute Gasteiger partial charge is 0.462 e. The van der Waals surface area contributed by atoms with Crippen LogP contribution in [0.5, 0.6) is 0 Å².